The Morgan fingerprint density at radius 3 is 3.09 bits per heavy atom. The third-order valence-electron chi connectivity index (χ3n) is 1.28. The molecule has 0 fully saturated rings. The van der Waals surface area contributed by atoms with Gasteiger partial charge in [-0.1, -0.05) is 0 Å². The van der Waals surface area contributed by atoms with E-state index in [1.54, 1.807) is 0 Å². The molecule has 0 saturated carbocycles. The molecule has 2 N–H and O–H groups in total. The molecule has 0 saturated heterocycles. The number of aromatic nitrogens is 1. The first-order valence-corrected chi connectivity index (χ1v) is 3.96. The van der Waals surface area contributed by atoms with Crippen LogP contribution in [0.4, 0.5) is 0 Å². The molecule has 0 unspecified atom stereocenters. The Kier molecular flexibility index (Phi) is 3.04. The fraction of sp³-hybridized carbons (Fsp3) is 0.286. The normalized spacial score (nSPS) is 9.55. The monoisotopic (exact) mass is 170 g/mol. The average molecular weight is 170 g/mol. The van der Waals surface area contributed by atoms with Crippen molar-refractivity contribution < 1.29 is 4.79 Å². The lowest BCUT2D eigenvalue weighted by Gasteiger charge is -1.99. The summed E-state index contributed by atoms with van der Waals surface area (Å²) < 4.78 is 0. The van der Waals surface area contributed by atoms with Crippen LogP contribution in [0.1, 0.15) is 5.69 Å². The van der Waals surface area contributed by atoms with Crippen molar-refractivity contribution in [1.82, 2.24) is 10.3 Å². The molecule has 0 aromatic carbocycles. The first kappa shape index (κ1) is 8.20. The van der Waals surface area contributed by atoms with Crippen molar-refractivity contribution in [1.29, 1.82) is 0 Å². The molecule has 3 nitrogen and oxygen atoms in total. The van der Waals surface area contributed by atoms with Crippen molar-refractivity contribution in [3.05, 3.63) is 24.0 Å². The average Bonchev–Trinajstić information content (AvgIpc) is 2.52. The summed E-state index contributed by atoms with van der Waals surface area (Å²) in [5.74, 6) is 0.184. The van der Waals surface area contributed by atoms with E-state index in [0.29, 0.717) is 6.54 Å². The van der Waals surface area contributed by atoms with E-state index in [1.165, 1.54) is 0 Å². The number of carbonyl (C=O) groups is 1. The van der Waals surface area contributed by atoms with Crippen molar-refractivity contribution in [2.45, 2.75) is 6.54 Å². The lowest BCUT2D eigenvalue weighted by atomic mass is 10.4. The number of nitrogens with one attached hydrogen (secondary N) is 2. The van der Waals surface area contributed by atoms with E-state index < -0.39 is 0 Å². The van der Waals surface area contributed by atoms with E-state index in [4.69, 9.17) is 0 Å². The molecule has 0 radical (unpaired) electrons. The van der Waals surface area contributed by atoms with Crippen LogP contribution in [0.25, 0.3) is 0 Å². The maximum atomic E-state index is 10.7. The fourth-order valence-electron chi connectivity index (χ4n) is 0.727. The zero-order valence-electron chi connectivity index (χ0n) is 6.00. The molecule has 11 heavy (non-hydrogen) atoms. The molecule has 0 aliphatic heterocycles. The van der Waals surface area contributed by atoms with Gasteiger partial charge in [-0.15, -0.1) is 0 Å². The van der Waals surface area contributed by atoms with Gasteiger partial charge >= 0.3 is 0 Å². The fourth-order valence-corrected chi connectivity index (χ4v) is 0.839. The predicted molar refractivity (Wildman–Crippen MR) is 46.5 cm³/mol. The number of aromatic amines is 1. The molecule has 4 heteroatoms. The lowest BCUT2D eigenvalue weighted by Crippen LogP contribution is -2.23. The van der Waals surface area contributed by atoms with Gasteiger partial charge in [-0.2, -0.15) is 12.6 Å². The van der Waals surface area contributed by atoms with Crippen LogP contribution in [-0.2, 0) is 11.3 Å². The first-order chi connectivity index (χ1) is 5.33. The summed E-state index contributed by atoms with van der Waals surface area (Å²) in [6, 6.07) is 3.81. The number of hydrogen-bond acceptors (Lipinski definition) is 2. The molecule has 0 atom stereocenters. The van der Waals surface area contributed by atoms with Crippen LogP contribution in [0.15, 0.2) is 18.3 Å². The molecule has 1 heterocycles. The SMILES string of the molecule is O=C(CS)NCc1ccc[nH]1. The van der Waals surface area contributed by atoms with Gasteiger partial charge in [0.1, 0.15) is 0 Å². The topological polar surface area (TPSA) is 44.9 Å². The zero-order valence-corrected chi connectivity index (χ0v) is 6.90. The van der Waals surface area contributed by atoms with Crippen molar-refractivity contribution in [2.24, 2.45) is 0 Å². The highest BCUT2D eigenvalue weighted by atomic mass is 32.1. The van der Waals surface area contributed by atoms with Crippen LogP contribution < -0.4 is 5.32 Å². The molecular weight excluding hydrogens is 160 g/mol. The predicted octanol–water partition coefficient (Wildman–Crippen LogP) is 0.561. The maximum Gasteiger partial charge on any atom is 0.230 e. The van der Waals surface area contributed by atoms with Crippen LogP contribution in [0, 0.1) is 0 Å². The number of hydrogen-bond donors (Lipinski definition) is 3. The summed E-state index contributed by atoms with van der Waals surface area (Å²) >= 11 is 3.82. The smallest absolute Gasteiger partial charge is 0.230 e. The highest BCUT2D eigenvalue weighted by Gasteiger charge is 1.96. The molecule has 1 rings (SSSR count). The Bertz CT molecular complexity index is 220. The standard InChI is InChI=1S/C7H10N2OS/c10-7(5-11)9-4-6-2-1-3-8-6/h1-3,8,11H,4-5H2,(H,9,10). The molecular formula is C7H10N2OS. The van der Waals surface area contributed by atoms with Gasteiger partial charge in [0, 0.05) is 11.9 Å². The molecule has 0 spiro atoms. The molecule has 0 aliphatic carbocycles. The molecule has 1 aromatic heterocycles. The Morgan fingerprint density at radius 1 is 1.73 bits per heavy atom. The Hall–Kier alpha value is -0.900. The molecule has 0 aliphatic rings. The summed E-state index contributed by atoms with van der Waals surface area (Å²) in [5, 5.41) is 2.69. The van der Waals surface area contributed by atoms with Crippen LogP contribution in [0.3, 0.4) is 0 Å². The second kappa shape index (κ2) is 4.08. The van der Waals surface area contributed by atoms with Gasteiger partial charge in [-0.3, -0.25) is 4.79 Å². The van der Waals surface area contributed by atoms with Gasteiger partial charge in [0.2, 0.25) is 5.91 Å². The Morgan fingerprint density at radius 2 is 2.55 bits per heavy atom. The highest BCUT2D eigenvalue weighted by molar-refractivity contribution is 7.81. The number of thiol groups is 1. The maximum absolute atomic E-state index is 10.7. The quantitative estimate of drug-likeness (QED) is 0.570. The van der Waals surface area contributed by atoms with Crippen LogP contribution in [-0.4, -0.2) is 16.6 Å². The van der Waals surface area contributed by atoms with E-state index in [2.05, 4.69) is 22.9 Å². The van der Waals surface area contributed by atoms with Gasteiger partial charge in [0.05, 0.1) is 12.3 Å². The van der Waals surface area contributed by atoms with Crippen molar-refractivity contribution in [3.63, 3.8) is 0 Å². The minimum atomic E-state index is -0.0528. The third kappa shape index (κ3) is 2.67. The van der Waals surface area contributed by atoms with E-state index in [-0.39, 0.29) is 11.7 Å². The molecule has 60 valence electrons. The summed E-state index contributed by atoms with van der Waals surface area (Å²) in [7, 11) is 0. The van der Waals surface area contributed by atoms with E-state index >= 15 is 0 Å². The first-order valence-electron chi connectivity index (χ1n) is 3.33. The van der Waals surface area contributed by atoms with Crippen LogP contribution >= 0.6 is 12.6 Å². The van der Waals surface area contributed by atoms with Gasteiger partial charge in [0.25, 0.3) is 0 Å². The molecule has 1 aromatic rings. The van der Waals surface area contributed by atoms with E-state index in [0.717, 1.165) is 5.69 Å². The Labute approximate surface area is 70.6 Å². The van der Waals surface area contributed by atoms with E-state index in [9.17, 15) is 4.79 Å². The van der Waals surface area contributed by atoms with E-state index in [1.807, 2.05) is 18.3 Å². The number of amides is 1. The largest absolute Gasteiger partial charge is 0.364 e. The summed E-state index contributed by atoms with van der Waals surface area (Å²) in [6.45, 7) is 0.548. The highest BCUT2D eigenvalue weighted by Crippen LogP contribution is 1.92. The zero-order chi connectivity index (χ0) is 8.10. The summed E-state index contributed by atoms with van der Waals surface area (Å²) in [5.41, 5.74) is 1.00. The third-order valence-corrected chi connectivity index (χ3v) is 1.57. The van der Waals surface area contributed by atoms with Crippen LogP contribution in [0.5, 0.6) is 0 Å². The van der Waals surface area contributed by atoms with Gasteiger partial charge in [0.15, 0.2) is 0 Å². The Balaban J connectivity index is 2.29. The number of rotatable bonds is 3. The van der Waals surface area contributed by atoms with Gasteiger partial charge in [-0.25, -0.2) is 0 Å². The van der Waals surface area contributed by atoms with Crippen molar-refractivity contribution in [2.75, 3.05) is 5.75 Å². The molecule has 0 bridgehead atoms. The van der Waals surface area contributed by atoms with Crippen molar-refractivity contribution in [3.8, 4) is 0 Å². The van der Waals surface area contributed by atoms with Crippen molar-refractivity contribution >= 4 is 18.5 Å². The number of H-pyrrole nitrogens is 1. The van der Waals surface area contributed by atoms with Crippen LogP contribution in [0.2, 0.25) is 0 Å². The minimum Gasteiger partial charge on any atom is -0.364 e. The lowest BCUT2D eigenvalue weighted by molar-refractivity contribution is -0.118. The second-order valence-electron chi connectivity index (χ2n) is 2.13. The summed E-state index contributed by atoms with van der Waals surface area (Å²) in [4.78, 5) is 13.7. The van der Waals surface area contributed by atoms with Gasteiger partial charge in [-0.05, 0) is 12.1 Å². The van der Waals surface area contributed by atoms with Gasteiger partial charge < -0.3 is 10.3 Å². The number of carbonyl (C=O) groups excluding carboxylic acids is 1. The summed E-state index contributed by atoms with van der Waals surface area (Å²) in [6.07, 6.45) is 1.82. The minimum absolute atomic E-state index is 0.0528. The molecule has 1 amide bonds. The second-order valence-corrected chi connectivity index (χ2v) is 2.45.